The number of hydrogen-bond donors (Lipinski definition) is 0. The number of rotatable bonds is 7. The molecule has 0 aliphatic rings. The summed E-state index contributed by atoms with van der Waals surface area (Å²) < 4.78 is 63.0. The Morgan fingerprint density at radius 3 is 1.89 bits per heavy atom. The van der Waals surface area contributed by atoms with E-state index in [1.807, 2.05) is 45.9 Å². The Hall–Kier alpha value is -3.53. The van der Waals surface area contributed by atoms with E-state index in [9.17, 15) is 18.4 Å². The quantitative estimate of drug-likeness (QED) is 0.298. The van der Waals surface area contributed by atoms with E-state index < -0.39 is 23.0 Å². The molecule has 0 aliphatic heterocycles. The second-order valence-electron chi connectivity index (χ2n) is 10.4. The molecule has 0 fully saturated rings. The average Bonchev–Trinajstić information content (AvgIpc) is 2.82. The smallest absolute Gasteiger partial charge is 0.496 e. The van der Waals surface area contributed by atoms with Gasteiger partial charge < -0.3 is 9.47 Å². The third-order valence-corrected chi connectivity index (χ3v) is 6.96. The molecule has 0 saturated heterocycles. The lowest BCUT2D eigenvalue weighted by Gasteiger charge is -2.32. The van der Waals surface area contributed by atoms with Crippen LogP contribution in [0.5, 0.6) is 11.5 Å². The highest BCUT2D eigenvalue weighted by atomic mass is 19.4. The number of nitriles is 1. The van der Waals surface area contributed by atoms with Gasteiger partial charge in [0.1, 0.15) is 17.3 Å². The molecule has 0 spiro atoms. The molecule has 3 aromatic carbocycles. The van der Waals surface area contributed by atoms with Crippen LogP contribution in [0.4, 0.5) is 17.6 Å². The van der Waals surface area contributed by atoms with Crippen molar-refractivity contribution < 1.29 is 27.0 Å². The summed E-state index contributed by atoms with van der Waals surface area (Å²) >= 11 is 0. The first-order chi connectivity index (χ1) is 17.1. The van der Waals surface area contributed by atoms with Crippen molar-refractivity contribution in [1.82, 2.24) is 0 Å². The van der Waals surface area contributed by atoms with E-state index in [1.54, 1.807) is 19.9 Å². The second kappa shape index (κ2) is 10.1. The summed E-state index contributed by atoms with van der Waals surface area (Å²) in [5.41, 5.74) is 2.36. The molecular weight excluding hydrogens is 482 g/mol. The molecule has 0 aromatic heterocycles. The fraction of sp³-hybridized carbons (Fsp3) is 0.367. The summed E-state index contributed by atoms with van der Waals surface area (Å²) in [7, 11) is 1.51. The van der Waals surface area contributed by atoms with Crippen molar-refractivity contribution >= 4 is 0 Å². The highest BCUT2D eigenvalue weighted by molar-refractivity contribution is 5.54. The van der Waals surface area contributed by atoms with Gasteiger partial charge in [-0.15, -0.1) is 13.2 Å². The van der Waals surface area contributed by atoms with Crippen LogP contribution < -0.4 is 9.47 Å². The third-order valence-electron chi connectivity index (χ3n) is 6.96. The maximum absolute atomic E-state index is 15.7. The monoisotopic (exact) mass is 513 g/mol. The average molecular weight is 514 g/mol. The maximum atomic E-state index is 15.7. The standard InChI is InChI=1S/C30H31F4NO2/c1-18(2)23-13-10-21(14-19(23)17-35)29(5,6)25-15-26(31)24(16-27(25)36-7)28(3,4)20-8-11-22(12-9-20)37-30(32,33)34/h8-16,18H,1-7H3. The molecule has 0 radical (unpaired) electrons. The highest BCUT2D eigenvalue weighted by Gasteiger charge is 2.34. The molecule has 0 bridgehead atoms. The molecule has 7 heteroatoms. The van der Waals surface area contributed by atoms with E-state index >= 15 is 4.39 Å². The van der Waals surface area contributed by atoms with Crippen molar-refractivity contribution in [3.05, 3.63) is 93.8 Å². The first-order valence-electron chi connectivity index (χ1n) is 11.9. The fourth-order valence-corrected chi connectivity index (χ4v) is 4.62. The Balaban J connectivity index is 2.06. The van der Waals surface area contributed by atoms with Gasteiger partial charge in [-0.25, -0.2) is 4.39 Å². The lowest BCUT2D eigenvalue weighted by atomic mass is 9.73. The minimum Gasteiger partial charge on any atom is -0.496 e. The molecule has 196 valence electrons. The molecule has 3 rings (SSSR count). The van der Waals surface area contributed by atoms with Crippen LogP contribution in [-0.4, -0.2) is 13.5 Å². The van der Waals surface area contributed by atoms with Crippen molar-refractivity contribution in [2.75, 3.05) is 7.11 Å². The van der Waals surface area contributed by atoms with Gasteiger partial charge in [-0.3, -0.25) is 0 Å². The van der Waals surface area contributed by atoms with Crippen LogP contribution in [0.1, 0.15) is 80.8 Å². The minimum atomic E-state index is -4.79. The van der Waals surface area contributed by atoms with Gasteiger partial charge in [-0.05, 0) is 52.9 Å². The van der Waals surface area contributed by atoms with Gasteiger partial charge in [-0.2, -0.15) is 5.26 Å². The predicted molar refractivity (Wildman–Crippen MR) is 136 cm³/mol. The molecular formula is C30H31F4NO2. The lowest BCUT2D eigenvalue weighted by Crippen LogP contribution is -2.24. The van der Waals surface area contributed by atoms with E-state index in [1.165, 1.54) is 37.4 Å². The van der Waals surface area contributed by atoms with Gasteiger partial charge in [0.05, 0.1) is 18.7 Å². The molecule has 0 atom stereocenters. The van der Waals surface area contributed by atoms with Gasteiger partial charge in [0, 0.05) is 22.0 Å². The van der Waals surface area contributed by atoms with E-state index in [2.05, 4.69) is 10.8 Å². The normalized spacial score (nSPS) is 12.4. The molecule has 3 nitrogen and oxygen atoms in total. The number of ether oxygens (including phenoxy) is 2. The van der Waals surface area contributed by atoms with Crippen LogP contribution in [0, 0.1) is 17.1 Å². The molecule has 3 aromatic rings. The Morgan fingerprint density at radius 2 is 1.38 bits per heavy atom. The SMILES string of the molecule is COc1cc(C(C)(C)c2ccc(OC(F)(F)F)cc2)c(F)cc1C(C)(C)c1ccc(C(C)C)c(C#N)c1. The van der Waals surface area contributed by atoms with Crippen LogP contribution in [0.3, 0.4) is 0 Å². The second-order valence-corrected chi connectivity index (χ2v) is 10.4. The third kappa shape index (κ3) is 5.74. The van der Waals surface area contributed by atoms with Gasteiger partial charge >= 0.3 is 6.36 Å². The summed E-state index contributed by atoms with van der Waals surface area (Å²) in [6, 6.07) is 16.5. The Morgan fingerprint density at radius 1 is 0.811 bits per heavy atom. The largest absolute Gasteiger partial charge is 0.573 e. The molecule has 0 N–H and O–H groups in total. The zero-order valence-electron chi connectivity index (χ0n) is 22.0. The van der Waals surface area contributed by atoms with Crippen LogP contribution in [0.2, 0.25) is 0 Å². The van der Waals surface area contributed by atoms with E-state index in [-0.39, 0.29) is 11.7 Å². The summed E-state index contributed by atoms with van der Waals surface area (Å²) in [6.45, 7) is 11.5. The number of halogens is 4. The molecule has 0 heterocycles. The number of methoxy groups -OCH3 is 1. The van der Waals surface area contributed by atoms with Gasteiger partial charge in [0.15, 0.2) is 0 Å². The van der Waals surface area contributed by atoms with Gasteiger partial charge in [-0.1, -0.05) is 65.8 Å². The Kier molecular flexibility index (Phi) is 7.64. The van der Waals surface area contributed by atoms with Crippen LogP contribution >= 0.6 is 0 Å². The predicted octanol–water partition coefficient (Wildman–Crippen LogP) is 8.38. The molecule has 0 saturated carbocycles. The number of nitrogens with zero attached hydrogens (tertiary/aromatic N) is 1. The van der Waals surface area contributed by atoms with Crippen LogP contribution in [0.15, 0.2) is 54.6 Å². The maximum Gasteiger partial charge on any atom is 0.573 e. The minimum absolute atomic E-state index is 0.189. The van der Waals surface area contributed by atoms with Crippen LogP contribution in [-0.2, 0) is 10.8 Å². The van der Waals surface area contributed by atoms with Crippen molar-refractivity contribution in [1.29, 1.82) is 5.26 Å². The first-order valence-corrected chi connectivity index (χ1v) is 11.9. The van der Waals surface area contributed by atoms with E-state index in [4.69, 9.17) is 4.74 Å². The zero-order chi connectivity index (χ0) is 27.8. The summed E-state index contributed by atoms with van der Waals surface area (Å²) in [4.78, 5) is 0. The molecule has 0 aliphatic carbocycles. The first kappa shape index (κ1) is 28.0. The topological polar surface area (TPSA) is 42.2 Å². The van der Waals surface area contributed by atoms with Crippen molar-refractivity contribution in [2.45, 2.75) is 64.7 Å². The Bertz CT molecular complexity index is 1320. The fourth-order valence-electron chi connectivity index (χ4n) is 4.62. The highest BCUT2D eigenvalue weighted by Crippen LogP contribution is 2.43. The van der Waals surface area contributed by atoms with Gasteiger partial charge in [0.25, 0.3) is 0 Å². The lowest BCUT2D eigenvalue weighted by molar-refractivity contribution is -0.274. The van der Waals surface area contributed by atoms with E-state index in [0.29, 0.717) is 28.0 Å². The summed E-state index contributed by atoms with van der Waals surface area (Å²) in [5, 5.41) is 9.68. The molecule has 0 unspecified atom stereocenters. The zero-order valence-corrected chi connectivity index (χ0v) is 22.0. The van der Waals surface area contributed by atoms with Gasteiger partial charge in [0.2, 0.25) is 0 Å². The van der Waals surface area contributed by atoms with E-state index in [0.717, 1.165) is 11.1 Å². The summed E-state index contributed by atoms with van der Waals surface area (Å²) in [6.07, 6.45) is -4.79. The van der Waals surface area contributed by atoms with Crippen molar-refractivity contribution in [2.24, 2.45) is 0 Å². The summed E-state index contributed by atoms with van der Waals surface area (Å²) in [5.74, 6) is -0.154. The number of alkyl halides is 3. The Labute approximate surface area is 215 Å². The van der Waals surface area contributed by atoms with Crippen LogP contribution in [0.25, 0.3) is 0 Å². The van der Waals surface area contributed by atoms with Crippen molar-refractivity contribution in [3.63, 3.8) is 0 Å². The van der Waals surface area contributed by atoms with Crippen molar-refractivity contribution in [3.8, 4) is 17.6 Å². The molecule has 0 amide bonds. The number of benzene rings is 3. The molecule has 37 heavy (non-hydrogen) atoms. The number of hydrogen-bond acceptors (Lipinski definition) is 3.